The minimum atomic E-state index is -0.416. The number of aryl methyl sites for hydroxylation is 1. The SMILES string of the molecule is Cc1nn2c(=O)/c(=C\c3cccc(Cl)c3)sc2nc1=O. The molecule has 2 aromatic heterocycles. The highest BCUT2D eigenvalue weighted by Gasteiger charge is 2.08. The second-order valence-electron chi connectivity index (χ2n) is 4.17. The van der Waals surface area contributed by atoms with Crippen molar-refractivity contribution in [2.24, 2.45) is 0 Å². The largest absolute Gasteiger partial charge is 0.295 e. The molecule has 0 atom stereocenters. The van der Waals surface area contributed by atoms with Gasteiger partial charge in [-0.15, -0.1) is 0 Å². The third-order valence-electron chi connectivity index (χ3n) is 2.69. The van der Waals surface area contributed by atoms with Crippen molar-refractivity contribution in [3.8, 4) is 0 Å². The van der Waals surface area contributed by atoms with Crippen LogP contribution in [0.5, 0.6) is 0 Å². The highest BCUT2D eigenvalue weighted by molar-refractivity contribution is 7.15. The first-order valence-corrected chi connectivity index (χ1v) is 6.92. The maximum absolute atomic E-state index is 12.2. The maximum Gasteiger partial charge on any atom is 0.295 e. The van der Waals surface area contributed by atoms with E-state index >= 15 is 0 Å². The van der Waals surface area contributed by atoms with Gasteiger partial charge in [-0.1, -0.05) is 35.1 Å². The Balaban J connectivity index is 2.30. The summed E-state index contributed by atoms with van der Waals surface area (Å²) in [4.78, 5) is 27.8. The van der Waals surface area contributed by atoms with Crippen LogP contribution in [0.25, 0.3) is 11.0 Å². The lowest BCUT2D eigenvalue weighted by Gasteiger charge is -1.91. The third-order valence-corrected chi connectivity index (χ3v) is 3.88. The summed E-state index contributed by atoms with van der Waals surface area (Å²) in [5, 5.41) is 4.54. The lowest BCUT2D eigenvalue weighted by atomic mass is 10.2. The molecule has 0 saturated carbocycles. The molecule has 3 rings (SSSR count). The average molecular weight is 306 g/mol. The summed E-state index contributed by atoms with van der Waals surface area (Å²) < 4.78 is 1.61. The number of hydrogen-bond donors (Lipinski definition) is 0. The third kappa shape index (κ3) is 2.23. The fraction of sp³-hybridized carbons (Fsp3) is 0.0769. The molecule has 0 aliphatic heterocycles. The Hall–Kier alpha value is -2.05. The summed E-state index contributed by atoms with van der Waals surface area (Å²) in [6.45, 7) is 1.53. The van der Waals surface area contributed by atoms with E-state index in [4.69, 9.17) is 11.6 Å². The monoisotopic (exact) mass is 305 g/mol. The fourth-order valence-corrected chi connectivity index (χ4v) is 2.84. The molecule has 0 unspecified atom stereocenters. The molecule has 7 heteroatoms. The number of rotatable bonds is 1. The van der Waals surface area contributed by atoms with E-state index in [0.29, 0.717) is 14.5 Å². The number of nitrogens with zero attached hydrogens (tertiary/aromatic N) is 3. The zero-order valence-electron chi connectivity index (χ0n) is 10.3. The minimum absolute atomic E-state index is 0.201. The van der Waals surface area contributed by atoms with Crippen LogP contribution in [-0.2, 0) is 0 Å². The lowest BCUT2D eigenvalue weighted by molar-refractivity contribution is 0.833. The Morgan fingerprint density at radius 2 is 2.15 bits per heavy atom. The van der Waals surface area contributed by atoms with Gasteiger partial charge in [0.15, 0.2) is 0 Å². The van der Waals surface area contributed by atoms with E-state index in [2.05, 4.69) is 10.1 Å². The number of aromatic nitrogens is 3. The smallest absolute Gasteiger partial charge is 0.266 e. The molecule has 3 aromatic rings. The average Bonchev–Trinajstić information content (AvgIpc) is 2.68. The van der Waals surface area contributed by atoms with Crippen molar-refractivity contribution in [3.05, 3.63) is 65.8 Å². The topological polar surface area (TPSA) is 64.3 Å². The van der Waals surface area contributed by atoms with Gasteiger partial charge in [0.2, 0.25) is 4.96 Å². The first-order chi connectivity index (χ1) is 9.54. The Labute approximate surface area is 121 Å². The molecule has 0 aliphatic carbocycles. The van der Waals surface area contributed by atoms with Gasteiger partial charge in [0.25, 0.3) is 11.1 Å². The molecule has 100 valence electrons. The van der Waals surface area contributed by atoms with Crippen molar-refractivity contribution in [2.45, 2.75) is 6.92 Å². The Morgan fingerprint density at radius 1 is 1.35 bits per heavy atom. The number of hydrogen-bond acceptors (Lipinski definition) is 5. The number of halogens is 1. The molecule has 0 bridgehead atoms. The molecule has 0 spiro atoms. The van der Waals surface area contributed by atoms with Crippen LogP contribution in [-0.4, -0.2) is 14.6 Å². The van der Waals surface area contributed by atoms with Crippen molar-refractivity contribution < 1.29 is 0 Å². The molecule has 5 nitrogen and oxygen atoms in total. The van der Waals surface area contributed by atoms with E-state index in [1.54, 1.807) is 24.3 Å². The number of thiazole rings is 1. The van der Waals surface area contributed by atoms with Crippen LogP contribution >= 0.6 is 22.9 Å². The van der Waals surface area contributed by atoms with Gasteiger partial charge in [0.05, 0.1) is 4.53 Å². The van der Waals surface area contributed by atoms with Gasteiger partial charge >= 0.3 is 0 Å². The van der Waals surface area contributed by atoms with E-state index in [0.717, 1.165) is 21.4 Å². The summed E-state index contributed by atoms with van der Waals surface area (Å²) in [7, 11) is 0. The van der Waals surface area contributed by atoms with E-state index in [9.17, 15) is 9.59 Å². The second-order valence-corrected chi connectivity index (χ2v) is 5.61. The Bertz CT molecular complexity index is 977. The van der Waals surface area contributed by atoms with Gasteiger partial charge in [0, 0.05) is 5.02 Å². The van der Waals surface area contributed by atoms with Gasteiger partial charge in [-0.2, -0.15) is 14.6 Å². The molecular formula is C13H8ClN3O2S. The van der Waals surface area contributed by atoms with Gasteiger partial charge in [-0.25, -0.2) is 0 Å². The van der Waals surface area contributed by atoms with Crippen LogP contribution in [0.3, 0.4) is 0 Å². The molecule has 0 radical (unpaired) electrons. The standard InChI is InChI=1S/C13H8ClN3O2S/c1-7-11(18)15-13-17(16-7)12(19)10(20-13)6-8-3-2-4-9(14)5-8/h2-6H,1H3/b10-6+. The van der Waals surface area contributed by atoms with Gasteiger partial charge in [0.1, 0.15) is 5.69 Å². The van der Waals surface area contributed by atoms with E-state index in [-0.39, 0.29) is 11.3 Å². The molecule has 1 aromatic carbocycles. The first-order valence-electron chi connectivity index (χ1n) is 5.72. The van der Waals surface area contributed by atoms with Crippen molar-refractivity contribution in [3.63, 3.8) is 0 Å². The molecule has 2 heterocycles. The highest BCUT2D eigenvalue weighted by Crippen LogP contribution is 2.11. The van der Waals surface area contributed by atoms with Crippen molar-refractivity contribution in [1.82, 2.24) is 14.6 Å². The van der Waals surface area contributed by atoms with Crippen LogP contribution < -0.4 is 15.7 Å². The lowest BCUT2D eigenvalue weighted by Crippen LogP contribution is -2.27. The molecule has 20 heavy (non-hydrogen) atoms. The van der Waals surface area contributed by atoms with Gasteiger partial charge in [-0.3, -0.25) is 9.59 Å². The molecule has 0 fully saturated rings. The van der Waals surface area contributed by atoms with Gasteiger partial charge < -0.3 is 0 Å². The van der Waals surface area contributed by atoms with Crippen molar-refractivity contribution in [1.29, 1.82) is 0 Å². The normalized spacial score (nSPS) is 12.2. The second kappa shape index (κ2) is 4.81. The van der Waals surface area contributed by atoms with E-state index < -0.39 is 5.56 Å². The molecule has 0 amide bonds. The molecule has 0 saturated heterocycles. The van der Waals surface area contributed by atoms with Crippen LogP contribution in [0.1, 0.15) is 11.3 Å². The predicted octanol–water partition coefficient (Wildman–Crippen LogP) is 1.02. The van der Waals surface area contributed by atoms with Crippen molar-refractivity contribution in [2.75, 3.05) is 0 Å². The zero-order valence-corrected chi connectivity index (χ0v) is 11.9. The van der Waals surface area contributed by atoms with Crippen LogP contribution in [0.2, 0.25) is 5.02 Å². The maximum atomic E-state index is 12.2. The quantitative estimate of drug-likeness (QED) is 0.673. The van der Waals surface area contributed by atoms with Gasteiger partial charge in [-0.05, 0) is 30.7 Å². The number of benzene rings is 1. The Morgan fingerprint density at radius 3 is 2.90 bits per heavy atom. The highest BCUT2D eigenvalue weighted by atomic mass is 35.5. The minimum Gasteiger partial charge on any atom is -0.266 e. The van der Waals surface area contributed by atoms with Crippen molar-refractivity contribution >= 4 is 34.0 Å². The van der Waals surface area contributed by atoms with Crippen LogP contribution in [0.4, 0.5) is 0 Å². The Kier molecular flexibility index (Phi) is 3.11. The summed E-state index contributed by atoms with van der Waals surface area (Å²) in [5.41, 5.74) is 0.300. The first kappa shape index (κ1) is 13.0. The number of fused-ring (bicyclic) bond motifs is 1. The summed E-state index contributed by atoms with van der Waals surface area (Å²) in [5.74, 6) is 0. The van der Waals surface area contributed by atoms with Crippen LogP contribution in [0, 0.1) is 6.92 Å². The summed E-state index contributed by atoms with van der Waals surface area (Å²) >= 11 is 7.03. The molecular weight excluding hydrogens is 298 g/mol. The van der Waals surface area contributed by atoms with E-state index in [1.807, 2.05) is 6.07 Å². The summed E-state index contributed by atoms with van der Waals surface area (Å²) in [6.07, 6.45) is 1.70. The van der Waals surface area contributed by atoms with E-state index in [1.165, 1.54) is 6.92 Å². The summed E-state index contributed by atoms with van der Waals surface area (Å²) in [6, 6.07) is 7.15. The zero-order chi connectivity index (χ0) is 14.3. The molecule has 0 N–H and O–H groups in total. The fourth-order valence-electron chi connectivity index (χ4n) is 1.73. The predicted molar refractivity (Wildman–Crippen MR) is 78.4 cm³/mol. The van der Waals surface area contributed by atoms with Crippen LogP contribution in [0.15, 0.2) is 33.9 Å². The molecule has 0 aliphatic rings.